The maximum atomic E-state index is 12.5. The molecule has 1 aliphatic rings. The lowest BCUT2D eigenvalue weighted by molar-refractivity contribution is 0.0865. The minimum Gasteiger partial charge on any atom is -0.346 e. The Kier molecular flexibility index (Phi) is 1.98. The quantitative estimate of drug-likeness (QED) is 0.750. The molecular weight excluding hydrogens is 212 g/mol. The van der Waals surface area contributed by atoms with Crippen LogP contribution in [0.1, 0.15) is 29.9 Å². The normalized spacial score (nSPS) is 18.4. The van der Waals surface area contributed by atoms with E-state index in [1.165, 1.54) is 0 Å². The zero-order valence-electron chi connectivity index (χ0n) is 10.4. The topological polar surface area (TPSA) is 34.0 Å². The zero-order chi connectivity index (χ0) is 12.2. The molecule has 0 spiro atoms. The molecule has 0 saturated heterocycles. The highest BCUT2D eigenvalue weighted by atomic mass is 16.1. The van der Waals surface area contributed by atoms with Crippen LogP contribution in [-0.2, 0) is 13.6 Å². The molecule has 3 heteroatoms. The Bertz CT molecular complexity index is 622. The standard InChI is InChI=1S/C14H16N2O/c1-14(2)13(17)12-9-6-4-5-7-10(9)16(3)11(12)8-15-14/h4-7,15H,8H2,1-3H3. The number of Topliss-reactive ketones (excluding diaryl/α,β-unsaturated/α-hetero) is 1. The van der Waals surface area contributed by atoms with Gasteiger partial charge >= 0.3 is 0 Å². The summed E-state index contributed by atoms with van der Waals surface area (Å²) in [6, 6.07) is 8.10. The van der Waals surface area contributed by atoms with Gasteiger partial charge in [-0.15, -0.1) is 0 Å². The molecule has 0 amide bonds. The van der Waals surface area contributed by atoms with Crippen molar-refractivity contribution in [3.8, 4) is 0 Å². The summed E-state index contributed by atoms with van der Waals surface area (Å²) in [7, 11) is 2.02. The number of fused-ring (bicyclic) bond motifs is 3. The van der Waals surface area contributed by atoms with Crippen molar-refractivity contribution < 1.29 is 4.79 Å². The molecule has 0 bridgehead atoms. The van der Waals surface area contributed by atoms with Gasteiger partial charge in [0.15, 0.2) is 5.78 Å². The Morgan fingerprint density at radius 2 is 2.00 bits per heavy atom. The molecule has 0 aliphatic carbocycles. The van der Waals surface area contributed by atoms with Gasteiger partial charge in [0.1, 0.15) is 0 Å². The van der Waals surface area contributed by atoms with Crippen LogP contribution >= 0.6 is 0 Å². The fourth-order valence-corrected chi connectivity index (χ4v) is 2.60. The molecule has 0 atom stereocenters. The van der Waals surface area contributed by atoms with Crippen LogP contribution < -0.4 is 5.32 Å². The highest BCUT2D eigenvalue weighted by molar-refractivity contribution is 6.14. The highest BCUT2D eigenvalue weighted by Gasteiger charge is 2.36. The number of benzene rings is 1. The van der Waals surface area contributed by atoms with Crippen molar-refractivity contribution in [2.75, 3.05) is 0 Å². The average molecular weight is 228 g/mol. The predicted molar refractivity (Wildman–Crippen MR) is 68.2 cm³/mol. The number of hydrogen-bond acceptors (Lipinski definition) is 2. The largest absolute Gasteiger partial charge is 0.346 e. The fourth-order valence-electron chi connectivity index (χ4n) is 2.60. The predicted octanol–water partition coefficient (Wildman–Crippen LogP) is 2.24. The van der Waals surface area contributed by atoms with Crippen LogP contribution in [0.2, 0.25) is 0 Å². The van der Waals surface area contributed by atoms with E-state index in [0.29, 0.717) is 0 Å². The van der Waals surface area contributed by atoms with Crippen LogP contribution in [0.3, 0.4) is 0 Å². The monoisotopic (exact) mass is 228 g/mol. The van der Waals surface area contributed by atoms with Gasteiger partial charge in [0.2, 0.25) is 0 Å². The van der Waals surface area contributed by atoms with Crippen molar-refractivity contribution >= 4 is 16.7 Å². The Morgan fingerprint density at radius 1 is 1.29 bits per heavy atom. The smallest absolute Gasteiger partial charge is 0.184 e. The molecule has 0 saturated carbocycles. The molecule has 3 nitrogen and oxygen atoms in total. The van der Waals surface area contributed by atoms with Gasteiger partial charge in [-0.05, 0) is 19.9 Å². The number of para-hydroxylation sites is 1. The van der Waals surface area contributed by atoms with Crippen LogP contribution in [0.4, 0.5) is 0 Å². The van der Waals surface area contributed by atoms with Crippen molar-refractivity contribution in [1.82, 2.24) is 9.88 Å². The Balaban J connectivity index is 2.39. The summed E-state index contributed by atoms with van der Waals surface area (Å²) in [6.07, 6.45) is 0. The molecule has 1 aliphatic heterocycles. The van der Waals surface area contributed by atoms with Crippen molar-refractivity contribution in [3.63, 3.8) is 0 Å². The van der Waals surface area contributed by atoms with E-state index in [1.807, 2.05) is 39.1 Å². The van der Waals surface area contributed by atoms with E-state index >= 15 is 0 Å². The molecule has 0 fully saturated rings. The number of rotatable bonds is 0. The van der Waals surface area contributed by atoms with E-state index in [9.17, 15) is 4.79 Å². The van der Waals surface area contributed by atoms with Gasteiger partial charge < -0.3 is 4.57 Å². The highest BCUT2D eigenvalue weighted by Crippen LogP contribution is 2.31. The number of aryl methyl sites for hydroxylation is 1. The van der Waals surface area contributed by atoms with Gasteiger partial charge in [-0.2, -0.15) is 0 Å². The zero-order valence-corrected chi connectivity index (χ0v) is 10.4. The fraction of sp³-hybridized carbons (Fsp3) is 0.357. The maximum absolute atomic E-state index is 12.5. The van der Waals surface area contributed by atoms with Gasteiger partial charge in [0, 0.05) is 35.8 Å². The van der Waals surface area contributed by atoms with Crippen LogP contribution in [0.25, 0.3) is 10.9 Å². The number of aromatic nitrogens is 1. The first-order valence-electron chi connectivity index (χ1n) is 5.88. The number of carbonyl (C=O) groups is 1. The third kappa shape index (κ3) is 1.29. The summed E-state index contributed by atoms with van der Waals surface area (Å²) in [5.41, 5.74) is 2.66. The van der Waals surface area contributed by atoms with Gasteiger partial charge in [-0.1, -0.05) is 18.2 Å². The summed E-state index contributed by atoms with van der Waals surface area (Å²) in [6.45, 7) is 4.64. The first-order chi connectivity index (χ1) is 8.02. The van der Waals surface area contributed by atoms with Crippen molar-refractivity contribution in [2.24, 2.45) is 7.05 Å². The second-order valence-electron chi connectivity index (χ2n) is 5.21. The number of ketones is 1. The average Bonchev–Trinajstić information content (AvgIpc) is 2.59. The van der Waals surface area contributed by atoms with Crippen molar-refractivity contribution in [3.05, 3.63) is 35.5 Å². The summed E-state index contributed by atoms with van der Waals surface area (Å²) in [4.78, 5) is 12.5. The van der Waals surface area contributed by atoms with Crippen LogP contribution in [0.15, 0.2) is 24.3 Å². The first kappa shape index (κ1) is 10.5. The van der Waals surface area contributed by atoms with E-state index in [0.717, 1.165) is 28.7 Å². The summed E-state index contributed by atoms with van der Waals surface area (Å²) >= 11 is 0. The van der Waals surface area contributed by atoms with Crippen LogP contribution in [-0.4, -0.2) is 15.9 Å². The number of nitrogens with zero attached hydrogens (tertiary/aromatic N) is 1. The third-order valence-electron chi connectivity index (χ3n) is 3.72. The SMILES string of the molecule is Cn1c2c(c3ccccc31)C(=O)C(C)(C)NC2. The lowest BCUT2D eigenvalue weighted by atomic mass is 9.88. The molecule has 0 unspecified atom stereocenters. The van der Waals surface area contributed by atoms with Crippen molar-refractivity contribution in [2.45, 2.75) is 25.9 Å². The van der Waals surface area contributed by atoms with Gasteiger partial charge in [-0.25, -0.2) is 0 Å². The number of nitrogens with one attached hydrogen (secondary N) is 1. The number of hydrogen-bond donors (Lipinski definition) is 1. The molecule has 2 aromatic rings. The van der Waals surface area contributed by atoms with Gasteiger partial charge in [-0.3, -0.25) is 10.1 Å². The maximum Gasteiger partial charge on any atom is 0.184 e. The summed E-state index contributed by atoms with van der Waals surface area (Å²) in [5, 5.41) is 4.37. The van der Waals surface area contributed by atoms with E-state index < -0.39 is 5.54 Å². The first-order valence-corrected chi connectivity index (χ1v) is 5.88. The molecule has 1 N–H and O–H groups in total. The van der Waals surface area contributed by atoms with E-state index in [1.54, 1.807) is 0 Å². The van der Waals surface area contributed by atoms with E-state index in [4.69, 9.17) is 0 Å². The van der Waals surface area contributed by atoms with Crippen molar-refractivity contribution in [1.29, 1.82) is 0 Å². The number of carbonyl (C=O) groups excluding carboxylic acids is 1. The molecular formula is C14H16N2O. The van der Waals surface area contributed by atoms with E-state index in [-0.39, 0.29) is 5.78 Å². The molecule has 1 aromatic heterocycles. The minimum absolute atomic E-state index is 0.190. The summed E-state index contributed by atoms with van der Waals surface area (Å²) < 4.78 is 2.12. The van der Waals surface area contributed by atoms with Gasteiger partial charge in [0.05, 0.1) is 5.54 Å². The Hall–Kier alpha value is -1.61. The third-order valence-corrected chi connectivity index (χ3v) is 3.72. The van der Waals surface area contributed by atoms with Crippen LogP contribution in [0, 0.1) is 0 Å². The lowest BCUT2D eigenvalue weighted by Crippen LogP contribution is -2.50. The Labute approximate surface area is 100 Å². The minimum atomic E-state index is -0.461. The molecule has 1 aromatic carbocycles. The van der Waals surface area contributed by atoms with E-state index in [2.05, 4.69) is 16.0 Å². The molecule has 88 valence electrons. The lowest BCUT2D eigenvalue weighted by Gasteiger charge is -2.30. The molecule has 0 radical (unpaired) electrons. The molecule has 3 rings (SSSR count). The van der Waals surface area contributed by atoms with Crippen LogP contribution in [0.5, 0.6) is 0 Å². The van der Waals surface area contributed by atoms with Gasteiger partial charge in [0.25, 0.3) is 0 Å². The second-order valence-corrected chi connectivity index (χ2v) is 5.21. The summed E-state index contributed by atoms with van der Waals surface area (Å²) in [5.74, 6) is 0.190. The molecule has 2 heterocycles. The second kappa shape index (κ2) is 3.20. The Morgan fingerprint density at radius 3 is 2.76 bits per heavy atom. The molecule has 17 heavy (non-hydrogen) atoms.